The molecule has 122 valence electrons. The number of anilines is 1. The predicted octanol–water partition coefficient (Wildman–Crippen LogP) is 2.92. The van der Waals surface area contributed by atoms with E-state index in [2.05, 4.69) is 4.98 Å². The maximum atomic E-state index is 12.5. The third-order valence-corrected chi connectivity index (χ3v) is 4.82. The third kappa shape index (κ3) is 2.84. The Labute approximate surface area is 139 Å². The molecule has 2 heterocycles. The number of carbonyl (C=O) groups is 1. The van der Waals surface area contributed by atoms with Crippen molar-refractivity contribution in [3.05, 3.63) is 28.1 Å². The van der Waals surface area contributed by atoms with Gasteiger partial charge in [-0.2, -0.15) is 0 Å². The second kappa shape index (κ2) is 6.29. The number of rotatable bonds is 4. The van der Waals surface area contributed by atoms with Crippen LogP contribution in [0.2, 0.25) is 0 Å². The quantitative estimate of drug-likeness (QED) is 0.935. The normalized spacial score (nSPS) is 17.1. The van der Waals surface area contributed by atoms with Gasteiger partial charge in [0.2, 0.25) is 0 Å². The van der Waals surface area contributed by atoms with Crippen molar-refractivity contribution in [3.63, 3.8) is 0 Å². The van der Waals surface area contributed by atoms with E-state index in [9.17, 15) is 9.90 Å². The molecule has 1 amide bonds. The standard InChI is InChI=1S/C17H20N2O3S/c1-4-14-17(21)19(7-8-20)13-9-12(5-6-15(13)22-14)16-10(2)23-11(3)18-16/h5-6,9,14,20H,4,7-8H2,1-3H3. The Morgan fingerprint density at radius 3 is 2.78 bits per heavy atom. The van der Waals surface area contributed by atoms with E-state index in [1.807, 2.05) is 39.0 Å². The van der Waals surface area contributed by atoms with Crippen LogP contribution in [0.1, 0.15) is 23.2 Å². The summed E-state index contributed by atoms with van der Waals surface area (Å²) < 4.78 is 5.81. The van der Waals surface area contributed by atoms with Gasteiger partial charge >= 0.3 is 0 Å². The van der Waals surface area contributed by atoms with Crippen LogP contribution in [0.3, 0.4) is 0 Å². The number of β-amino-alcohol motifs (C(OH)–C–C–N with tert-alkyl or cyclic N) is 1. The lowest BCUT2D eigenvalue weighted by molar-refractivity contribution is -0.126. The van der Waals surface area contributed by atoms with E-state index in [0.717, 1.165) is 21.1 Å². The molecule has 3 rings (SSSR count). The van der Waals surface area contributed by atoms with Gasteiger partial charge in [-0.1, -0.05) is 6.92 Å². The smallest absolute Gasteiger partial charge is 0.268 e. The molecule has 23 heavy (non-hydrogen) atoms. The molecule has 5 nitrogen and oxygen atoms in total. The van der Waals surface area contributed by atoms with Gasteiger partial charge in [0.05, 0.1) is 23.0 Å². The van der Waals surface area contributed by atoms with Crippen LogP contribution in [0.15, 0.2) is 18.2 Å². The molecule has 1 aliphatic rings. The Morgan fingerprint density at radius 2 is 2.17 bits per heavy atom. The van der Waals surface area contributed by atoms with Crippen molar-refractivity contribution < 1.29 is 14.6 Å². The molecule has 1 aliphatic heterocycles. The summed E-state index contributed by atoms with van der Waals surface area (Å²) in [5, 5.41) is 10.3. The van der Waals surface area contributed by atoms with Crippen molar-refractivity contribution in [3.8, 4) is 17.0 Å². The minimum Gasteiger partial charge on any atom is -0.478 e. The van der Waals surface area contributed by atoms with Gasteiger partial charge in [0.15, 0.2) is 6.10 Å². The second-order valence-electron chi connectivity index (χ2n) is 5.55. The van der Waals surface area contributed by atoms with Gasteiger partial charge in [-0.25, -0.2) is 4.98 Å². The first-order valence-electron chi connectivity index (χ1n) is 7.72. The first-order valence-corrected chi connectivity index (χ1v) is 8.54. The highest BCUT2D eigenvalue weighted by Crippen LogP contribution is 2.39. The maximum absolute atomic E-state index is 12.5. The number of thiazole rings is 1. The third-order valence-electron chi connectivity index (χ3n) is 3.93. The van der Waals surface area contributed by atoms with Crippen molar-refractivity contribution in [1.29, 1.82) is 0 Å². The number of nitrogens with zero attached hydrogens (tertiary/aromatic N) is 2. The fourth-order valence-corrected chi connectivity index (χ4v) is 3.70. The van der Waals surface area contributed by atoms with Crippen molar-refractivity contribution in [1.82, 2.24) is 4.98 Å². The molecule has 0 fully saturated rings. The van der Waals surface area contributed by atoms with Crippen LogP contribution in [0.5, 0.6) is 5.75 Å². The van der Waals surface area contributed by atoms with E-state index < -0.39 is 6.10 Å². The zero-order chi connectivity index (χ0) is 16.6. The summed E-state index contributed by atoms with van der Waals surface area (Å²) >= 11 is 1.65. The molecular formula is C17H20N2O3S. The maximum Gasteiger partial charge on any atom is 0.268 e. The molecule has 1 N–H and O–H groups in total. The first-order chi connectivity index (χ1) is 11.0. The summed E-state index contributed by atoms with van der Waals surface area (Å²) in [6, 6.07) is 5.79. The molecule has 6 heteroatoms. The number of fused-ring (bicyclic) bond motifs is 1. The summed E-state index contributed by atoms with van der Waals surface area (Å²) in [4.78, 5) is 19.8. The lowest BCUT2D eigenvalue weighted by Gasteiger charge is -2.34. The number of hydrogen-bond donors (Lipinski definition) is 1. The van der Waals surface area contributed by atoms with Crippen LogP contribution in [-0.4, -0.2) is 35.3 Å². The van der Waals surface area contributed by atoms with Crippen molar-refractivity contribution in [2.24, 2.45) is 0 Å². The molecule has 0 saturated carbocycles. The highest BCUT2D eigenvalue weighted by atomic mass is 32.1. The summed E-state index contributed by atoms with van der Waals surface area (Å²) in [6.07, 6.45) is 0.120. The number of benzene rings is 1. The molecule has 0 bridgehead atoms. The van der Waals surface area contributed by atoms with Crippen molar-refractivity contribution >= 4 is 22.9 Å². The summed E-state index contributed by atoms with van der Waals surface area (Å²) in [5.41, 5.74) is 2.60. The van der Waals surface area contributed by atoms with E-state index in [1.54, 1.807) is 16.2 Å². The largest absolute Gasteiger partial charge is 0.478 e. The Kier molecular flexibility index (Phi) is 4.37. The zero-order valence-corrected chi connectivity index (χ0v) is 14.3. The van der Waals surface area contributed by atoms with Gasteiger partial charge in [0.25, 0.3) is 5.91 Å². The van der Waals surface area contributed by atoms with Crippen LogP contribution in [0.4, 0.5) is 5.69 Å². The average molecular weight is 332 g/mol. The van der Waals surface area contributed by atoms with Gasteiger partial charge in [-0.05, 0) is 38.5 Å². The number of aliphatic hydroxyl groups excluding tert-OH is 1. The average Bonchev–Trinajstić information content (AvgIpc) is 2.88. The van der Waals surface area contributed by atoms with Gasteiger partial charge in [-0.15, -0.1) is 11.3 Å². The van der Waals surface area contributed by atoms with Crippen molar-refractivity contribution in [2.45, 2.75) is 33.3 Å². The van der Waals surface area contributed by atoms with Gasteiger partial charge in [-0.3, -0.25) is 4.79 Å². The van der Waals surface area contributed by atoms with Crippen LogP contribution in [0, 0.1) is 13.8 Å². The lowest BCUT2D eigenvalue weighted by Crippen LogP contribution is -2.46. The molecule has 0 spiro atoms. The summed E-state index contributed by atoms with van der Waals surface area (Å²) in [5.74, 6) is 0.579. The van der Waals surface area contributed by atoms with Crippen LogP contribution < -0.4 is 9.64 Å². The van der Waals surface area contributed by atoms with E-state index in [1.165, 1.54) is 0 Å². The minimum atomic E-state index is -0.483. The SMILES string of the molecule is CCC1Oc2ccc(-c3nc(C)sc3C)cc2N(CCO)C1=O. The minimum absolute atomic E-state index is 0.0827. The molecule has 2 aromatic rings. The van der Waals surface area contributed by atoms with Crippen LogP contribution >= 0.6 is 11.3 Å². The number of hydrogen-bond acceptors (Lipinski definition) is 5. The highest BCUT2D eigenvalue weighted by Gasteiger charge is 2.33. The molecule has 0 saturated heterocycles. The lowest BCUT2D eigenvalue weighted by atomic mass is 10.1. The van der Waals surface area contributed by atoms with Crippen molar-refractivity contribution in [2.75, 3.05) is 18.1 Å². The Hall–Kier alpha value is -1.92. The Morgan fingerprint density at radius 1 is 1.39 bits per heavy atom. The summed E-state index contributed by atoms with van der Waals surface area (Å²) in [6.45, 7) is 6.13. The van der Waals surface area contributed by atoms with Crippen LogP contribution in [0.25, 0.3) is 11.3 Å². The molecule has 0 aliphatic carbocycles. The van der Waals surface area contributed by atoms with E-state index in [4.69, 9.17) is 4.74 Å². The second-order valence-corrected chi connectivity index (χ2v) is 6.96. The Balaban J connectivity index is 2.07. The summed E-state index contributed by atoms with van der Waals surface area (Å²) in [7, 11) is 0. The predicted molar refractivity (Wildman–Crippen MR) is 91.2 cm³/mol. The number of aromatic nitrogens is 1. The van der Waals surface area contributed by atoms with Gasteiger partial charge in [0, 0.05) is 17.0 Å². The molecule has 1 atom stereocenters. The number of carbonyl (C=O) groups excluding carboxylic acids is 1. The van der Waals surface area contributed by atoms with E-state index in [-0.39, 0.29) is 19.1 Å². The van der Waals surface area contributed by atoms with Crippen LogP contribution in [-0.2, 0) is 4.79 Å². The monoisotopic (exact) mass is 332 g/mol. The zero-order valence-electron chi connectivity index (χ0n) is 13.5. The molecule has 0 radical (unpaired) electrons. The highest BCUT2D eigenvalue weighted by molar-refractivity contribution is 7.11. The number of amides is 1. The Bertz CT molecular complexity index is 741. The van der Waals surface area contributed by atoms with E-state index >= 15 is 0 Å². The van der Waals surface area contributed by atoms with E-state index in [0.29, 0.717) is 17.9 Å². The fourth-order valence-electron chi connectivity index (χ4n) is 2.86. The topological polar surface area (TPSA) is 62.7 Å². The number of ether oxygens (including phenoxy) is 1. The fraction of sp³-hybridized carbons (Fsp3) is 0.412. The number of aryl methyl sites for hydroxylation is 2. The molecular weight excluding hydrogens is 312 g/mol. The van der Waals surface area contributed by atoms with Gasteiger partial charge in [0.1, 0.15) is 5.75 Å². The number of aliphatic hydroxyl groups is 1. The molecule has 1 aromatic heterocycles. The molecule has 1 aromatic carbocycles. The van der Waals surface area contributed by atoms with Gasteiger partial charge < -0.3 is 14.7 Å². The molecule has 1 unspecified atom stereocenters. The first kappa shape index (κ1) is 16.0.